The quantitative estimate of drug-likeness (QED) is 0.874. The molecular weight excluding hydrogens is 320 g/mol. The van der Waals surface area contributed by atoms with Crippen LogP contribution in [0.4, 0.5) is 0 Å². The Labute approximate surface area is 147 Å². The molecule has 128 valence electrons. The Kier molecular flexibility index (Phi) is 5.53. The van der Waals surface area contributed by atoms with E-state index in [0.29, 0.717) is 5.92 Å². The molecule has 4 nitrogen and oxygen atoms in total. The van der Waals surface area contributed by atoms with Gasteiger partial charge >= 0.3 is 0 Å². The minimum absolute atomic E-state index is 0.0341. The predicted octanol–water partition coefficient (Wildman–Crippen LogP) is 3.36. The van der Waals surface area contributed by atoms with Crippen molar-refractivity contribution in [2.45, 2.75) is 25.3 Å². The number of likely N-dealkylation sites (tertiary alicyclic amines) is 1. The number of nitrogens with zero attached hydrogens (tertiary/aromatic N) is 1. The summed E-state index contributed by atoms with van der Waals surface area (Å²) in [4.78, 5) is 15.7. The molecule has 1 N–H and O–H groups in total. The van der Waals surface area contributed by atoms with E-state index in [9.17, 15) is 4.79 Å². The molecule has 1 aliphatic rings. The smallest absolute Gasteiger partial charge is 0.261 e. The van der Waals surface area contributed by atoms with E-state index in [2.05, 4.69) is 29.3 Å². The fraction of sp³-hybridized carbons (Fsp3) is 0.421. The van der Waals surface area contributed by atoms with Gasteiger partial charge < -0.3 is 15.0 Å². The first-order chi connectivity index (χ1) is 11.7. The van der Waals surface area contributed by atoms with Gasteiger partial charge in [-0.2, -0.15) is 0 Å². The average Bonchev–Trinajstić information content (AvgIpc) is 3.25. The van der Waals surface area contributed by atoms with Crippen molar-refractivity contribution in [3.05, 3.63) is 52.2 Å². The normalized spacial score (nSPS) is 20.9. The van der Waals surface area contributed by atoms with Crippen LogP contribution in [0.15, 0.2) is 41.8 Å². The number of rotatable bonds is 6. The van der Waals surface area contributed by atoms with Crippen LogP contribution in [0.2, 0.25) is 0 Å². The Morgan fingerprint density at radius 1 is 1.29 bits per heavy atom. The van der Waals surface area contributed by atoms with Crippen LogP contribution >= 0.6 is 11.3 Å². The average molecular weight is 344 g/mol. The summed E-state index contributed by atoms with van der Waals surface area (Å²) >= 11 is 1.49. The Balaban J connectivity index is 1.76. The number of amides is 1. The van der Waals surface area contributed by atoms with Gasteiger partial charge in [-0.25, -0.2) is 0 Å². The highest BCUT2D eigenvalue weighted by Crippen LogP contribution is 2.29. The van der Waals surface area contributed by atoms with Gasteiger partial charge in [0, 0.05) is 25.0 Å². The third-order valence-electron chi connectivity index (χ3n) is 4.54. The number of methoxy groups -OCH3 is 1. The molecular formula is C19H24N2O2S. The van der Waals surface area contributed by atoms with Crippen molar-refractivity contribution in [3.8, 4) is 5.75 Å². The lowest BCUT2D eigenvalue weighted by Crippen LogP contribution is -2.39. The Morgan fingerprint density at radius 3 is 2.71 bits per heavy atom. The minimum atomic E-state index is 0.0341. The number of ether oxygens (including phenoxy) is 1. The number of hydrogen-bond donors (Lipinski definition) is 1. The molecule has 24 heavy (non-hydrogen) atoms. The number of hydrogen-bond acceptors (Lipinski definition) is 4. The molecule has 0 saturated carbocycles. The molecule has 0 bridgehead atoms. The Bertz CT molecular complexity index is 655. The maximum Gasteiger partial charge on any atom is 0.261 e. The molecule has 3 rings (SSSR count). The van der Waals surface area contributed by atoms with E-state index >= 15 is 0 Å². The molecule has 2 heterocycles. The summed E-state index contributed by atoms with van der Waals surface area (Å²) in [6.45, 7) is 5.15. The summed E-state index contributed by atoms with van der Waals surface area (Å²) < 4.78 is 5.25. The molecule has 1 saturated heterocycles. The van der Waals surface area contributed by atoms with Crippen LogP contribution < -0.4 is 10.1 Å². The van der Waals surface area contributed by atoms with Gasteiger partial charge in [0.05, 0.1) is 12.0 Å². The Hall–Kier alpha value is -1.85. The van der Waals surface area contributed by atoms with Gasteiger partial charge in [0.2, 0.25) is 0 Å². The van der Waals surface area contributed by atoms with Crippen LogP contribution in [0.3, 0.4) is 0 Å². The highest BCUT2D eigenvalue weighted by atomic mass is 32.1. The molecule has 1 amide bonds. The molecule has 1 aromatic heterocycles. The first-order valence-electron chi connectivity index (χ1n) is 8.42. The summed E-state index contributed by atoms with van der Waals surface area (Å²) in [5.41, 5.74) is 1.26. The summed E-state index contributed by atoms with van der Waals surface area (Å²) in [5.74, 6) is 1.21. The summed E-state index contributed by atoms with van der Waals surface area (Å²) in [6, 6.07) is 12.2. The van der Waals surface area contributed by atoms with Crippen LogP contribution in [0.5, 0.6) is 5.75 Å². The van der Waals surface area contributed by atoms with E-state index < -0.39 is 0 Å². The highest BCUT2D eigenvalue weighted by Gasteiger charge is 2.34. The Morgan fingerprint density at radius 2 is 2.08 bits per heavy atom. The van der Waals surface area contributed by atoms with E-state index in [1.807, 2.05) is 29.6 Å². The third-order valence-corrected chi connectivity index (χ3v) is 5.41. The van der Waals surface area contributed by atoms with Crippen LogP contribution in [0.25, 0.3) is 0 Å². The van der Waals surface area contributed by atoms with Crippen molar-refractivity contribution < 1.29 is 9.53 Å². The van der Waals surface area contributed by atoms with Gasteiger partial charge in [-0.05, 0) is 42.1 Å². The van der Waals surface area contributed by atoms with Crippen molar-refractivity contribution in [2.24, 2.45) is 0 Å². The lowest BCUT2D eigenvalue weighted by atomic mass is 9.94. The molecule has 1 aromatic carbocycles. The van der Waals surface area contributed by atoms with Crippen molar-refractivity contribution >= 4 is 17.2 Å². The van der Waals surface area contributed by atoms with Crippen LogP contribution in [0, 0.1) is 0 Å². The number of carbonyl (C=O) groups is 1. The van der Waals surface area contributed by atoms with Crippen LogP contribution in [0.1, 0.15) is 34.5 Å². The second-order valence-corrected chi connectivity index (χ2v) is 7.14. The molecule has 1 aliphatic heterocycles. The van der Waals surface area contributed by atoms with Crippen molar-refractivity contribution in [1.82, 2.24) is 10.2 Å². The first-order valence-corrected chi connectivity index (χ1v) is 9.30. The number of thiophene rings is 1. The zero-order valence-electron chi connectivity index (χ0n) is 14.2. The van der Waals surface area contributed by atoms with E-state index in [1.54, 1.807) is 7.11 Å². The fourth-order valence-electron chi connectivity index (χ4n) is 3.37. The lowest BCUT2D eigenvalue weighted by molar-refractivity contribution is 0.0939. The highest BCUT2D eigenvalue weighted by molar-refractivity contribution is 7.12. The van der Waals surface area contributed by atoms with E-state index in [1.165, 1.54) is 16.9 Å². The number of benzene rings is 1. The van der Waals surface area contributed by atoms with Gasteiger partial charge in [0.15, 0.2) is 0 Å². The largest absolute Gasteiger partial charge is 0.497 e. The number of nitrogens with one attached hydrogen (secondary N) is 1. The van der Waals surface area contributed by atoms with Gasteiger partial charge in [0.25, 0.3) is 5.91 Å². The second-order valence-electron chi connectivity index (χ2n) is 6.20. The molecule has 0 radical (unpaired) electrons. The zero-order valence-corrected chi connectivity index (χ0v) is 15.0. The zero-order chi connectivity index (χ0) is 16.9. The van der Waals surface area contributed by atoms with Crippen molar-refractivity contribution in [1.29, 1.82) is 0 Å². The summed E-state index contributed by atoms with van der Waals surface area (Å²) in [5, 5.41) is 5.18. The topological polar surface area (TPSA) is 41.6 Å². The molecule has 0 unspecified atom stereocenters. The SMILES string of the molecule is CCCN1C[C@H](NC(=O)c2cccs2)[C@@H](c2ccc(OC)cc2)C1. The molecule has 5 heteroatoms. The maximum atomic E-state index is 12.5. The monoisotopic (exact) mass is 344 g/mol. The van der Waals surface area contributed by atoms with Gasteiger partial charge in [-0.15, -0.1) is 11.3 Å². The van der Waals surface area contributed by atoms with E-state index in [-0.39, 0.29) is 11.9 Å². The first kappa shape index (κ1) is 17.0. The second kappa shape index (κ2) is 7.81. The fourth-order valence-corrected chi connectivity index (χ4v) is 3.99. The standard InChI is InChI=1S/C19H24N2O2S/c1-3-10-21-12-16(14-6-8-15(23-2)9-7-14)17(13-21)20-19(22)18-5-4-11-24-18/h4-9,11,16-17H,3,10,12-13H2,1-2H3,(H,20,22)/t16-,17+/m1/s1. The summed E-state index contributed by atoms with van der Waals surface area (Å²) in [7, 11) is 1.68. The van der Waals surface area contributed by atoms with Gasteiger partial charge in [-0.1, -0.05) is 25.1 Å². The molecule has 1 fully saturated rings. The summed E-state index contributed by atoms with van der Waals surface area (Å²) in [6.07, 6.45) is 1.13. The van der Waals surface area contributed by atoms with E-state index in [4.69, 9.17) is 4.74 Å². The molecule has 0 aliphatic carbocycles. The molecule has 0 spiro atoms. The molecule has 2 atom stereocenters. The van der Waals surface area contributed by atoms with Crippen LogP contribution in [-0.4, -0.2) is 43.6 Å². The lowest BCUT2D eigenvalue weighted by Gasteiger charge is -2.20. The number of carbonyl (C=O) groups excluding carboxylic acids is 1. The third kappa shape index (κ3) is 3.79. The minimum Gasteiger partial charge on any atom is -0.497 e. The van der Waals surface area contributed by atoms with E-state index in [0.717, 1.165) is 36.7 Å². The van der Waals surface area contributed by atoms with Crippen molar-refractivity contribution in [2.75, 3.05) is 26.7 Å². The van der Waals surface area contributed by atoms with Gasteiger partial charge in [-0.3, -0.25) is 4.79 Å². The van der Waals surface area contributed by atoms with Crippen LogP contribution in [-0.2, 0) is 0 Å². The maximum absolute atomic E-state index is 12.5. The van der Waals surface area contributed by atoms with Gasteiger partial charge in [0.1, 0.15) is 5.75 Å². The predicted molar refractivity (Wildman–Crippen MR) is 98.0 cm³/mol. The molecule has 2 aromatic rings. The van der Waals surface area contributed by atoms with Crippen molar-refractivity contribution in [3.63, 3.8) is 0 Å².